The topological polar surface area (TPSA) is 96.1 Å². The van der Waals surface area contributed by atoms with Gasteiger partial charge in [0.25, 0.3) is 5.91 Å². The van der Waals surface area contributed by atoms with Crippen molar-refractivity contribution in [2.45, 2.75) is 18.2 Å². The molecular formula is C16H17FN2O4S. The molecule has 0 aliphatic rings. The Balaban J connectivity index is 2.02. The van der Waals surface area contributed by atoms with E-state index in [1.54, 1.807) is 6.92 Å². The molecule has 2 aromatic rings. The number of halogens is 1. The van der Waals surface area contributed by atoms with Crippen LogP contribution in [0.4, 0.5) is 4.39 Å². The van der Waals surface area contributed by atoms with Crippen LogP contribution in [0.2, 0.25) is 0 Å². The third-order valence-electron chi connectivity index (χ3n) is 3.43. The van der Waals surface area contributed by atoms with Crippen LogP contribution in [-0.2, 0) is 16.3 Å². The number of carbonyl (C=O) groups excluding carboxylic acids is 1. The van der Waals surface area contributed by atoms with Crippen LogP contribution in [0.1, 0.15) is 23.0 Å². The lowest BCUT2D eigenvalue weighted by atomic mass is 10.1. The Morgan fingerprint density at radius 3 is 2.46 bits per heavy atom. The van der Waals surface area contributed by atoms with E-state index in [1.807, 2.05) is 0 Å². The molecule has 128 valence electrons. The summed E-state index contributed by atoms with van der Waals surface area (Å²) in [5.74, 6) is -1.29. The first-order valence-corrected chi connectivity index (χ1v) is 8.97. The Bertz CT molecular complexity index is 889. The maximum atomic E-state index is 12.8. The second-order valence-electron chi connectivity index (χ2n) is 5.10. The molecule has 0 unspecified atom stereocenters. The molecule has 0 aliphatic heterocycles. The Kier molecular flexibility index (Phi) is 5.50. The molecular weight excluding hydrogens is 335 g/mol. The van der Waals surface area contributed by atoms with Crippen LogP contribution < -0.4 is 10.9 Å². The van der Waals surface area contributed by atoms with Crippen molar-refractivity contribution in [2.75, 3.05) is 12.3 Å². The largest absolute Gasteiger partial charge is 0.351 e. The highest BCUT2D eigenvalue weighted by atomic mass is 32.2. The summed E-state index contributed by atoms with van der Waals surface area (Å²) in [6.45, 7) is 1.70. The SMILES string of the molecule is CCc1[nH]c(=O)ccc1C(=O)NCCS(=O)(=O)c1ccc(F)cc1. The highest BCUT2D eigenvalue weighted by Crippen LogP contribution is 2.11. The van der Waals surface area contributed by atoms with Crippen molar-refractivity contribution in [1.29, 1.82) is 0 Å². The second-order valence-corrected chi connectivity index (χ2v) is 7.21. The lowest BCUT2D eigenvalue weighted by Crippen LogP contribution is -2.30. The minimum atomic E-state index is -3.62. The van der Waals surface area contributed by atoms with Crippen LogP contribution in [0.3, 0.4) is 0 Å². The van der Waals surface area contributed by atoms with Crippen LogP contribution >= 0.6 is 0 Å². The van der Waals surface area contributed by atoms with Crippen LogP contribution in [0.25, 0.3) is 0 Å². The van der Waals surface area contributed by atoms with Gasteiger partial charge in [-0.05, 0) is 36.8 Å². The number of pyridine rings is 1. The monoisotopic (exact) mass is 352 g/mol. The number of rotatable bonds is 6. The molecule has 8 heteroatoms. The Hall–Kier alpha value is -2.48. The van der Waals surface area contributed by atoms with E-state index in [4.69, 9.17) is 0 Å². The molecule has 0 bridgehead atoms. The summed E-state index contributed by atoms with van der Waals surface area (Å²) < 4.78 is 37.1. The summed E-state index contributed by atoms with van der Waals surface area (Å²) in [6.07, 6.45) is 0.465. The number of aryl methyl sites for hydroxylation is 1. The van der Waals surface area contributed by atoms with Gasteiger partial charge >= 0.3 is 0 Å². The molecule has 0 aliphatic carbocycles. The number of aromatic nitrogens is 1. The molecule has 0 atom stereocenters. The minimum absolute atomic E-state index is 0.00330. The Morgan fingerprint density at radius 1 is 1.17 bits per heavy atom. The molecule has 2 N–H and O–H groups in total. The van der Waals surface area contributed by atoms with Crippen molar-refractivity contribution in [3.05, 3.63) is 63.8 Å². The predicted molar refractivity (Wildman–Crippen MR) is 87.2 cm³/mol. The van der Waals surface area contributed by atoms with Crippen molar-refractivity contribution in [3.63, 3.8) is 0 Å². The predicted octanol–water partition coefficient (Wildman–Crippen LogP) is 1.28. The van der Waals surface area contributed by atoms with Crippen molar-refractivity contribution in [1.82, 2.24) is 10.3 Å². The molecule has 2 rings (SSSR count). The van der Waals surface area contributed by atoms with E-state index in [0.29, 0.717) is 17.7 Å². The summed E-state index contributed by atoms with van der Waals surface area (Å²) in [5.41, 5.74) is 0.486. The van der Waals surface area contributed by atoms with Gasteiger partial charge < -0.3 is 10.3 Å². The van der Waals surface area contributed by atoms with Gasteiger partial charge in [-0.3, -0.25) is 9.59 Å². The maximum Gasteiger partial charge on any atom is 0.253 e. The van der Waals surface area contributed by atoms with E-state index in [1.165, 1.54) is 24.3 Å². The van der Waals surface area contributed by atoms with Gasteiger partial charge in [0.1, 0.15) is 5.82 Å². The smallest absolute Gasteiger partial charge is 0.253 e. The summed E-state index contributed by atoms with van der Waals surface area (Å²) >= 11 is 0. The van der Waals surface area contributed by atoms with Gasteiger partial charge in [0.2, 0.25) is 5.56 Å². The van der Waals surface area contributed by atoms with Crippen LogP contribution in [0.5, 0.6) is 0 Å². The molecule has 0 radical (unpaired) electrons. The molecule has 0 spiro atoms. The number of hydrogen-bond acceptors (Lipinski definition) is 4. The number of nitrogens with one attached hydrogen (secondary N) is 2. The molecule has 1 heterocycles. The average Bonchev–Trinajstić information content (AvgIpc) is 2.54. The van der Waals surface area contributed by atoms with E-state index < -0.39 is 21.6 Å². The number of aromatic amines is 1. The number of H-pyrrole nitrogens is 1. The zero-order chi connectivity index (χ0) is 17.7. The molecule has 0 saturated carbocycles. The third-order valence-corrected chi connectivity index (χ3v) is 5.16. The highest BCUT2D eigenvalue weighted by molar-refractivity contribution is 7.91. The molecule has 0 saturated heterocycles. The lowest BCUT2D eigenvalue weighted by molar-refractivity contribution is 0.0954. The van der Waals surface area contributed by atoms with Crippen molar-refractivity contribution < 1.29 is 17.6 Å². The van der Waals surface area contributed by atoms with Crippen LogP contribution in [0, 0.1) is 5.82 Å². The van der Waals surface area contributed by atoms with E-state index in [9.17, 15) is 22.4 Å². The molecule has 0 fully saturated rings. The zero-order valence-corrected chi connectivity index (χ0v) is 13.8. The van der Waals surface area contributed by atoms with E-state index >= 15 is 0 Å². The fourth-order valence-electron chi connectivity index (χ4n) is 2.16. The van der Waals surface area contributed by atoms with Gasteiger partial charge in [0.05, 0.1) is 16.2 Å². The van der Waals surface area contributed by atoms with Crippen molar-refractivity contribution in [2.24, 2.45) is 0 Å². The zero-order valence-electron chi connectivity index (χ0n) is 13.0. The molecule has 1 aromatic carbocycles. The van der Waals surface area contributed by atoms with E-state index in [-0.39, 0.29) is 22.8 Å². The van der Waals surface area contributed by atoms with E-state index in [0.717, 1.165) is 12.1 Å². The number of sulfone groups is 1. The lowest BCUT2D eigenvalue weighted by Gasteiger charge is -2.09. The van der Waals surface area contributed by atoms with Crippen molar-refractivity contribution in [3.8, 4) is 0 Å². The standard InChI is InChI=1S/C16H17FN2O4S/c1-2-14-13(7-8-15(20)19-14)16(21)18-9-10-24(22,23)12-5-3-11(17)4-6-12/h3-8H,2,9-10H2,1H3,(H,18,21)(H,19,20). The minimum Gasteiger partial charge on any atom is -0.351 e. The van der Waals surface area contributed by atoms with Gasteiger partial charge in [0.15, 0.2) is 9.84 Å². The molecule has 6 nitrogen and oxygen atoms in total. The molecule has 24 heavy (non-hydrogen) atoms. The third kappa shape index (κ3) is 4.29. The molecule has 1 amide bonds. The Morgan fingerprint density at radius 2 is 1.83 bits per heavy atom. The maximum absolute atomic E-state index is 12.8. The number of amides is 1. The van der Waals surface area contributed by atoms with Crippen LogP contribution in [-0.4, -0.2) is 31.6 Å². The van der Waals surface area contributed by atoms with Gasteiger partial charge in [-0.15, -0.1) is 0 Å². The quantitative estimate of drug-likeness (QED) is 0.766. The van der Waals surface area contributed by atoms with Gasteiger partial charge in [-0.25, -0.2) is 12.8 Å². The fourth-order valence-corrected chi connectivity index (χ4v) is 3.32. The van der Waals surface area contributed by atoms with Gasteiger partial charge in [-0.1, -0.05) is 6.92 Å². The van der Waals surface area contributed by atoms with E-state index in [2.05, 4.69) is 10.3 Å². The normalized spacial score (nSPS) is 11.2. The van der Waals surface area contributed by atoms with Gasteiger partial charge in [-0.2, -0.15) is 0 Å². The fraction of sp³-hybridized carbons (Fsp3) is 0.250. The summed E-state index contributed by atoms with van der Waals surface area (Å²) in [5, 5.41) is 2.52. The first-order valence-electron chi connectivity index (χ1n) is 7.32. The second kappa shape index (κ2) is 7.39. The average molecular weight is 352 g/mol. The first kappa shape index (κ1) is 17.9. The summed E-state index contributed by atoms with van der Waals surface area (Å²) in [6, 6.07) is 7.15. The first-order chi connectivity index (χ1) is 11.3. The van der Waals surface area contributed by atoms with Gasteiger partial charge in [0, 0.05) is 18.3 Å². The van der Waals surface area contributed by atoms with Crippen molar-refractivity contribution >= 4 is 15.7 Å². The highest BCUT2D eigenvalue weighted by Gasteiger charge is 2.16. The summed E-state index contributed by atoms with van der Waals surface area (Å²) in [4.78, 5) is 26.0. The molecule has 1 aromatic heterocycles. The van der Waals surface area contributed by atoms with Crippen LogP contribution in [0.15, 0.2) is 46.1 Å². The summed E-state index contributed by atoms with van der Waals surface area (Å²) in [7, 11) is -3.62. The number of benzene rings is 1. The number of carbonyl (C=O) groups is 1. The number of hydrogen-bond donors (Lipinski definition) is 2. The Labute approximate surface area is 138 Å².